The Morgan fingerprint density at radius 3 is 2.85 bits per heavy atom. The number of nitrogens with two attached hydrogens (primary N) is 1. The van der Waals surface area contributed by atoms with Crippen molar-refractivity contribution in [3.8, 4) is 11.8 Å². The highest BCUT2D eigenvalue weighted by molar-refractivity contribution is 6.32. The number of benzene rings is 1. The normalized spacial score (nSPS) is 10.1. The maximum absolute atomic E-state index is 11.9. The van der Waals surface area contributed by atoms with Crippen molar-refractivity contribution in [3.05, 3.63) is 34.3 Å². The van der Waals surface area contributed by atoms with Crippen LogP contribution in [0.4, 0.5) is 0 Å². The highest BCUT2D eigenvalue weighted by Crippen LogP contribution is 2.16. The van der Waals surface area contributed by atoms with Crippen LogP contribution in [0.5, 0.6) is 0 Å². The number of likely N-dealkylation sites (N-methyl/N-ethyl adjacent to an activating group) is 1. The summed E-state index contributed by atoms with van der Waals surface area (Å²) in [7, 11) is 2.01. The number of halogens is 1. The maximum Gasteiger partial charge on any atom is 0.251 e. The molecule has 0 unspecified atom stereocenters. The van der Waals surface area contributed by atoms with Gasteiger partial charge in [0.2, 0.25) is 0 Å². The Morgan fingerprint density at radius 1 is 1.50 bits per heavy atom. The summed E-state index contributed by atoms with van der Waals surface area (Å²) in [4.78, 5) is 14.1. The Bertz CT molecular complexity index is 520. The molecule has 1 rings (SSSR count). The molecule has 0 saturated carbocycles. The molecule has 0 fully saturated rings. The van der Waals surface area contributed by atoms with Gasteiger partial charge < -0.3 is 16.0 Å². The number of nitrogens with zero attached hydrogens (tertiary/aromatic N) is 1. The fraction of sp³-hybridized carbons (Fsp3) is 0.400. The molecule has 1 aromatic rings. The lowest BCUT2D eigenvalue weighted by atomic mass is 10.1. The molecule has 20 heavy (non-hydrogen) atoms. The molecule has 3 N–H and O–H groups in total. The molecule has 108 valence electrons. The Labute approximate surface area is 125 Å². The van der Waals surface area contributed by atoms with E-state index >= 15 is 0 Å². The fourth-order valence-corrected chi connectivity index (χ4v) is 1.75. The minimum Gasteiger partial charge on any atom is -0.351 e. The number of nitrogens with one attached hydrogen (secondary N) is 1. The van der Waals surface area contributed by atoms with E-state index in [9.17, 15) is 4.79 Å². The van der Waals surface area contributed by atoms with E-state index in [0.717, 1.165) is 13.1 Å². The zero-order chi connectivity index (χ0) is 15.0. The molecule has 0 radical (unpaired) electrons. The zero-order valence-electron chi connectivity index (χ0n) is 11.9. The van der Waals surface area contributed by atoms with Gasteiger partial charge in [0.15, 0.2) is 0 Å². The molecular formula is C15H20ClN3O. The van der Waals surface area contributed by atoms with Crippen LogP contribution in [-0.2, 0) is 0 Å². The van der Waals surface area contributed by atoms with Crippen LogP contribution in [0.25, 0.3) is 0 Å². The number of hydrogen-bond donors (Lipinski definition) is 2. The molecule has 1 amide bonds. The van der Waals surface area contributed by atoms with E-state index in [-0.39, 0.29) is 12.5 Å². The van der Waals surface area contributed by atoms with Crippen molar-refractivity contribution in [1.82, 2.24) is 10.2 Å². The number of hydrogen-bond acceptors (Lipinski definition) is 3. The van der Waals surface area contributed by atoms with Crippen molar-refractivity contribution < 1.29 is 4.79 Å². The summed E-state index contributed by atoms with van der Waals surface area (Å²) < 4.78 is 0. The van der Waals surface area contributed by atoms with Gasteiger partial charge in [-0.15, -0.1) is 0 Å². The van der Waals surface area contributed by atoms with Crippen LogP contribution < -0.4 is 11.1 Å². The average Bonchev–Trinajstić information content (AvgIpc) is 2.45. The Hall–Kier alpha value is -1.54. The highest BCUT2D eigenvalue weighted by Gasteiger charge is 2.07. The van der Waals surface area contributed by atoms with Gasteiger partial charge in [0.05, 0.1) is 11.6 Å². The smallest absolute Gasteiger partial charge is 0.251 e. The third-order valence-corrected chi connectivity index (χ3v) is 3.19. The summed E-state index contributed by atoms with van der Waals surface area (Å²) >= 11 is 6.08. The lowest BCUT2D eigenvalue weighted by Gasteiger charge is -2.14. The largest absolute Gasteiger partial charge is 0.351 e. The topological polar surface area (TPSA) is 58.4 Å². The van der Waals surface area contributed by atoms with Gasteiger partial charge in [-0.25, -0.2) is 0 Å². The van der Waals surface area contributed by atoms with Crippen molar-refractivity contribution >= 4 is 17.5 Å². The second kappa shape index (κ2) is 8.60. The number of rotatable bonds is 5. The standard InChI is InChI=1S/C15H20ClN3O/c1-3-19(2)10-9-18-15(20)13-7-6-12(5-4-8-17)14(16)11-13/h6-7,11H,3,8-10,17H2,1-2H3,(H,18,20). The van der Waals surface area contributed by atoms with Gasteiger partial charge >= 0.3 is 0 Å². The van der Waals surface area contributed by atoms with Crippen molar-refractivity contribution in [2.24, 2.45) is 5.73 Å². The number of amides is 1. The van der Waals surface area contributed by atoms with Gasteiger partial charge in [-0.3, -0.25) is 4.79 Å². The molecule has 1 aromatic carbocycles. The third kappa shape index (κ3) is 5.22. The third-order valence-electron chi connectivity index (χ3n) is 2.88. The first-order valence-corrected chi connectivity index (χ1v) is 6.91. The molecule has 5 heteroatoms. The minimum atomic E-state index is -0.130. The van der Waals surface area contributed by atoms with Crippen molar-refractivity contribution in [2.75, 3.05) is 33.2 Å². The maximum atomic E-state index is 11.9. The number of carbonyl (C=O) groups excluding carboxylic acids is 1. The molecule has 0 atom stereocenters. The van der Waals surface area contributed by atoms with Crippen LogP contribution in [0.1, 0.15) is 22.8 Å². The summed E-state index contributed by atoms with van der Waals surface area (Å²) in [6, 6.07) is 5.07. The molecule has 0 saturated heterocycles. The lowest BCUT2D eigenvalue weighted by Crippen LogP contribution is -2.32. The van der Waals surface area contributed by atoms with Gasteiger partial charge in [-0.1, -0.05) is 30.4 Å². The second-order valence-corrected chi connectivity index (χ2v) is 4.76. The molecule has 0 aromatic heterocycles. The second-order valence-electron chi connectivity index (χ2n) is 4.35. The molecule has 4 nitrogen and oxygen atoms in total. The molecule has 0 spiro atoms. The quantitative estimate of drug-likeness (QED) is 0.805. The van der Waals surface area contributed by atoms with E-state index < -0.39 is 0 Å². The van der Waals surface area contributed by atoms with E-state index in [1.807, 2.05) is 7.05 Å². The highest BCUT2D eigenvalue weighted by atomic mass is 35.5. The van der Waals surface area contributed by atoms with Crippen molar-refractivity contribution in [3.63, 3.8) is 0 Å². The Kier molecular flexibility index (Phi) is 7.10. The van der Waals surface area contributed by atoms with Crippen molar-refractivity contribution in [2.45, 2.75) is 6.92 Å². The monoisotopic (exact) mass is 293 g/mol. The molecule has 0 aliphatic rings. The van der Waals surface area contributed by atoms with Gasteiger partial charge in [0.25, 0.3) is 5.91 Å². The first-order chi connectivity index (χ1) is 9.58. The summed E-state index contributed by atoms with van der Waals surface area (Å²) in [6.45, 7) is 4.73. The predicted octanol–water partition coefficient (Wildman–Crippen LogP) is 1.33. The number of carbonyl (C=O) groups is 1. The van der Waals surface area contributed by atoms with E-state index in [1.165, 1.54) is 0 Å². The van der Waals surface area contributed by atoms with E-state index in [4.69, 9.17) is 17.3 Å². The van der Waals surface area contributed by atoms with Crippen LogP contribution in [0, 0.1) is 11.8 Å². The minimum absolute atomic E-state index is 0.130. The van der Waals surface area contributed by atoms with Gasteiger partial charge in [-0.05, 0) is 31.8 Å². The molecule has 0 aliphatic heterocycles. The fourth-order valence-electron chi connectivity index (χ4n) is 1.52. The van der Waals surface area contributed by atoms with E-state index in [1.54, 1.807) is 18.2 Å². The Balaban J connectivity index is 2.63. The van der Waals surface area contributed by atoms with Crippen molar-refractivity contribution in [1.29, 1.82) is 0 Å². The summed E-state index contributed by atoms with van der Waals surface area (Å²) in [6.07, 6.45) is 0. The van der Waals surface area contributed by atoms with E-state index in [0.29, 0.717) is 22.7 Å². The molecule has 0 aliphatic carbocycles. The van der Waals surface area contributed by atoms with Crippen LogP contribution in [-0.4, -0.2) is 44.0 Å². The molecule has 0 bridgehead atoms. The average molecular weight is 294 g/mol. The van der Waals surface area contributed by atoms with E-state index in [2.05, 4.69) is 29.0 Å². The predicted molar refractivity (Wildman–Crippen MR) is 82.9 cm³/mol. The molecule has 0 heterocycles. The van der Waals surface area contributed by atoms with Crippen LogP contribution in [0.2, 0.25) is 5.02 Å². The van der Waals surface area contributed by atoms with Gasteiger partial charge in [0.1, 0.15) is 0 Å². The Morgan fingerprint density at radius 2 is 2.25 bits per heavy atom. The zero-order valence-corrected chi connectivity index (χ0v) is 12.6. The van der Waals surface area contributed by atoms with Crippen LogP contribution in [0.15, 0.2) is 18.2 Å². The first kappa shape index (κ1) is 16.5. The summed E-state index contributed by atoms with van der Waals surface area (Å²) in [5.74, 6) is 5.46. The van der Waals surface area contributed by atoms with Crippen LogP contribution >= 0.6 is 11.6 Å². The summed E-state index contributed by atoms with van der Waals surface area (Å²) in [5, 5.41) is 3.32. The van der Waals surface area contributed by atoms with Crippen LogP contribution in [0.3, 0.4) is 0 Å². The lowest BCUT2D eigenvalue weighted by molar-refractivity contribution is 0.0950. The van der Waals surface area contributed by atoms with Gasteiger partial charge in [-0.2, -0.15) is 0 Å². The first-order valence-electron chi connectivity index (χ1n) is 6.53. The summed E-state index contributed by atoms with van der Waals surface area (Å²) in [5.41, 5.74) is 6.53. The molecular weight excluding hydrogens is 274 g/mol. The SMILES string of the molecule is CCN(C)CCNC(=O)c1ccc(C#CCN)c(Cl)c1. The van der Waals surface area contributed by atoms with Gasteiger partial charge in [0, 0.05) is 24.2 Å².